The summed E-state index contributed by atoms with van der Waals surface area (Å²) >= 11 is 6.19. The van der Waals surface area contributed by atoms with Crippen molar-refractivity contribution in [3.8, 4) is 0 Å². The average Bonchev–Trinajstić information content (AvgIpc) is 2.68. The van der Waals surface area contributed by atoms with Crippen molar-refractivity contribution in [2.45, 2.75) is 19.4 Å². The normalized spacial score (nSPS) is 12.1. The molecule has 1 aromatic heterocycles. The predicted molar refractivity (Wildman–Crippen MR) is 113 cm³/mol. The lowest BCUT2D eigenvalue weighted by atomic mass is 9.98. The Morgan fingerprint density at radius 3 is 2.33 bits per heavy atom. The predicted octanol–water partition coefficient (Wildman–Crippen LogP) is 6.01. The van der Waals surface area contributed by atoms with Gasteiger partial charge in [0.1, 0.15) is 11.6 Å². The van der Waals surface area contributed by atoms with E-state index < -0.39 is 0 Å². The van der Waals surface area contributed by atoms with Crippen molar-refractivity contribution in [3.05, 3.63) is 107 Å². The van der Waals surface area contributed by atoms with Crippen molar-refractivity contribution in [1.82, 2.24) is 0 Å². The molecule has 0 radical (unpaired) electrons. The number of nitrogens with one attached hydrogen (secondary N) is 2. The van der Waals surface area contributed by atoms with Gasteiger partial charge in [-0.1, -0.05) is 72.3 Å². The van der Waals surface area contributed by atoms with Crippen LogP contribution in [0.15, 0.2) is 84.9 Å². The summed E-state index contributed by atoms with van der Waals surface area (Å²) in [7, 11) is 0. The van der Waals surface area contributed by atoms with E-state index in [9.17, 15) is 0 Å². The van der Waals surface area contributed by atoms with Crippen LogP contribution in [0, 0.1) is 6.92 Å². The number of anilines is 1. The monoisotopic (exact) mass is 373 g/mol. The quantitative estimate of drug-likeness (QED) is 0.455. The van der Waals surface area contributed by atoms with Crippen molar-refractivity contribution in [1.29, 1.82) is 0 Å². The number of pyridine rings is 1. The molecule has 2 nitrogen and oxygen atoms in total. The number of benzene rings is 3. The van der Waals surface area contributed by atoms with E-state index in [0.29, 0.717) is 0 Å². The minimum Gasteiger partial charge on any atom is -0.267 e. The van der Waals surface area contributed by atoms with Gasteiger partial charge in [-0.25, -0.2) is 4.98 Å². The van der Waals surface area contributed by atoms with Crippen LogP contribution in [0.3, 0.4) is 0 Å². The van der Waals surface area contributed by atoms with Crippen LogP contribution in [-0.4, -0.2) is 0 Å². The number of fused-ring (bicyclic) bond motifs is 1. The van der Waals surface area contributed by atoms with Gasteiger partial charge < -0.3 is 0 Å². The van der Waals surface area contributed by atoms with Crippen molar-refractivity contribution < 1.29 is 4.98 Å². The number of hydrogen-bond acceptors (Lipinski definition) is 1. The Hall–Kier alpha value is -2.84. The summed E-state index contributed by atoms with van der Waals surface area (Å²) in [6.07, 6.45) is 0.908. The molecule has 0 bridgehead atoms. The molecule has 0 fully saturated rings. The fourth-order valence-electron chi connectivity index (χ4n) is 3.49. The maximum Gasteiger partial charge on any atom is 0.273 e. The van der Waals surface area contributed by atoms with Gasteiger partial charge in [0, 0.05) is 29.0 Å². The highest BCUT2D eigenvalue weighted by Crippen LogP contribution is 2.25. The van der Waals surface area contributed by atoms with Crippen LogP contribution in [0.4, 0.5) is 5.82 Å². The Morgan fingerprint density at radius 1 is 0.889 bits per heavy atom. The molecule has 0 aliphatic carbocycles. The van der Waals surface area contributed by atoms with Gasteiger partial charge in [-0.2, -0.15) is 0 Å². The van der Waals surface area contributed by atoms with Crippen LogP contribution < -0.4 is 10.3 Å². The molecular weight excluding hydrogens is 352 g/mol. The Kier molecular flexibility index (Phi) is 5.08. The van der Waals surface area contributed by atoms with Crippen molar-refractivity contribution in [3.63, 3.8) is 0 Å². The van der Waals surface area contributed by atoms with Gasteiger partial charge in [-0.05, 0) is 35.7 Å². The van der Waals surface area contributed by atoms with E-state index in [4.69, 9.17) is 11.6 Å². The fraction of sp³-hybridized carbons (Fsp3) is 0.125. The summed E-state index contributed by atoms with van der Waals surface area (Å²) in [5.74, 6) is 0.993. The molecule has 3 heteroatoms. The van der Waals surface area contributed by atoms with Crippen LogP contribution in [0.1, 0.15) is 22.7 Å². The van der Waals surface area contributed by atoms with E-state index in [2.05, 4.69) is 90.0 Å². The van der Waals surface area contributed by atoms with Crippen LogP contribution >= 0.6 is 11.6 Å². The van der Waals surface area contributed by atoms with Crippen molar-refractivity contribution >= 4 is 28.3 Å². The molecule has 0 aliphatic heterocycles. The number of aromatic amines is 1. The van der Waals surface area contributed by atoms with Crippen LogP contribution in [-0.2, 0) is 6.42 Å². The molecule has 0 saturated heterocycles. The number of aromatic nitrogens is 1. The molecule has 4 rings (SSSR count). The van der Waals surface area contributed by atoms with Gasteiger partial charge in [0.05, 0.1) is 0 Å². The molecule has 4 aromatic rings. The lowest BCUT2D eigenvalue weighted by Gasteiger charge is -2.16. The summed E-state index contributed by atoms with van der Waals surface area (Å²) in [6.45, 7) is 2.13. The number of H-pyrrole nitrogens is 1. The van der Waals surface area contributed by atoms with Gasteiger partial charge in [-0.15, -0.1) is 0 Å². The van der Waals surface area contributed by atoms with Gasteiger partial charge in [0.25, 0.3) is 5.82 Å². The zero-order valence-corrected chi connectivity index (χ0v) is 16.0. The molecule has 27 heavy (non-hydrogen) atoms. The molecule has 1 atom stereocenters. The highest BCUT2D eigenvalue weighted by Gasteiger charge is 2.19. The summed E-state index contributed by atoms with van der Waals surface area (Å²) in [5.41, 5.74) is 4.82. The van der Waals surface area contributed by atoms with E-state index in [-0.39, 0.29) is 6.04 Å². The molecule has 0 spiro atoms. The van der Waals surface area contributed by atoms with Crippen LogP contribution in [0.25, 0.3) is 10.9 Å². The van der Waals surface area contributed by atoms with E-state index in [1.54, 1.807) is 0 Å². The summed E-state index contributed by atoms with van der Waals surface area (Å²) < 4.78 is 0. The molecule has 0 saturated carbocycles. The van der Waals surface area contributed by atoms with E-state index in [1.807, 2.05) is 12.1 Å². The van der Waals surface area contributed by atoms with Crippen molar-refractivity contribution in [2.75, 3.05) is 5.32 Å². The third-order valence-electron chi connectivity index (χ3n) is 4.85. The molecule has 134 valence electrons. The zero-order chi connectivity index (χ0) is 18.6. The lowest BCUT2D eigenvalue weighted by Crippen LogP contribution is -2.20. The molecular formula is C24H22ClN2+. The molecule has 0 amide bonds. The third-order valence-corrected chi connectivity index (χ3v) is 5.09. The first-order valence-electron chi connectivity index (χ1n) is 9.16. The van der Waals surface area contributed by atoms with Crippen LogP contribution in [0.5, 0.6) is 0 Å². The van der Waals surface area contributed by atoms with Crippen LogP contribution in [0.2, 0.25) is 5.02 Å². The zero-order valence-electron chi connectivity index (χ0n) is 15.2. The second-order valence-electron chi connectivity index (χ2n) is 6.85. The number of halogens is 1. The van der Waals surface area contributed by atoms with Gasteiger partial charge in [0.15, 0.2) is 0 Å². The highest BCUT2D eigenvalue weighted by molar-refractivity contribution is 6.31. The Morgan fingerprint density at radius 2 is 1.59 bits per heavy atom. The molecule has 1 heterocycles. The van der Waals surface area contributed by atoms with Gasteiger partial charge >= 0.3 is 0 Å². The number of aryl methyl sites for hydroxylation is 1. The van der Waals surface area contributed by atoms with Gasteiger partial charge in [0.2, 0.25) is 0 Å². The van der Waals surface area contributed by atoms with E-state index in [1.165, 1.54) is 22.1 Å². The maximum absolute atomic E-state index is 6.19. The standard InChI is InChI=1S/C24H21ClN2/c1-17-14-24(27-23-16-20(25)12-13-21(17)23)26-22(19-10-6-3-7-11-19)15-18-8-4-2-5-9-18/h2-14,16,22H,15H2,1H3,(H,26,27)/p+1/t22-/m0/s1. The maximum atomic E-state index is 6.19. The first-order valence-corrected chi connectivity index (χ1v) is 9.54. The summed E-state index contributed by atoms with van der Waals surface area (Å²) in [6, 6.07) is 29.5. The van der Waals surface area contributed by atoms with E-state index in [0.717, 1.165) is 22.8 Å². The third kappa shape index (κ3) is 4.12. The molecule has 0 aliphatic rings. The second-order valence-corrected chi connectivity index (χ2v) is 7.29. The van der Waals surface area contributed by atoms with E-state index >= 15 is 0 Å². The van der Waals surface area contributed by atoms with Gasteiger partial charge in [-0.3, -0.25) is 5.32 Å². The summed E-state index contributed by atoms with van der Waals surface area (Å²) in [4.78, 5) is 3.50. The second kappa shape index (κ2) is 7.81. The molecule has 3 aromatic carbocycles. The minimum absolute atomic E-state index is 0.167. The Balaban J connectivity index is 1.70. The lowest BCUT2D eigenvalue weighted by molar-refractivity contribution is -0.327. The molecule has 2 N–H and O–H groups in total. The number of rotatable bonds is 5. The first kappa shape index (κ1) is 17.6. The first-order chi connectivity index (χ1) is 13.2. The topological polar surface area (TPSA) is 26.2 Å². The minimum atomic E-state index is 0.167. The van der Waals surface area contributed by atoms with Crippen molar-refractivity contribution in [2.24, 2.45) is 0 Å². The Labute approximate surface area is 164 Å². The average molecular weight is 374 g/mol. The smallest absolute Gasteiger partial charge is 0.267 e. The Bertz CT molecular complexity index is 1050. The SMILES string of the molecule is Cc1cc(N[C@@H](Cc2ccccc2)c2ccccc2)[nH+]c2cc(Cl)ccc12. The fourth-order valence-corrected chi connectivity index (χ4v) is 3.66. The largest absolute Gasteiger partial charge is 0.273 e. The number of hydrogen-bond donors (Lipinski definition) is 1. The highest BCUT2D eigenvalue weighted by atomic mass is 35.5. The molecule has 0 unspecified atom stereocenters. The summed E-state index contributed by atoms with van der Waals surface area (Å²) in [5, 5.41) is 5.62.